The maximum Gasteiger partial charge on any atom is 0.243 e. The quantitative estimate of drug-likeness (QED) is 0.310. The summed E-state index contributed by atoms with van der Waals surface area (Å²) in [6, 6.07) is 33.6. The van der Waals surface area contributed by atoms with Gasteiger partial charge in [-0.2, -0.15) is 4.31 Å². The van der Waals surface area contributed by atoms with Crippen LogP contribution < -0.4 is 0 Å². The predicted octanol–water partition coefficient (Wildman–Crippen LogP) is 6.62. The van der Waals surface area contributed by atoms with Crippen LogP contribution in [0.3, 0.4) is 0 Å². The molecule has 0 amide bonds. The second-order valence-corrected chi connectivity index (χ2v) is 10.9. The number of benzene rings is 4. The van der Waals surface area contributed by atoms with Crippen LogP contribution in [0.2, 0.25) is 0 Å². The maximum atomic E-state index is 13.6. The Morgan fingerprint density at radius 2 is 1.29 bits per heavy atom. The molecule has 4 aromatic rings. The van der Waals surface area contributed by atoms with E-state index in [2.05, 4.69) is 43.0 Å². The smallest absolute Gasteiger partial charge is 0.207 e. The molecule has 3 nitrogen and oxygen atoms in total. The molecule has 0 atom stereocenters. The number of rotatable bonds is 4. The fourth-order valence-electron chi connectivity index (χ4n) is 4.42. The van der Waals surface area contributed by atoms with Gasteiger partial charge < -0.3 is 0 Å². The number of fused-ring (bicyclic) bond motifs is 1. The fourth-order valence-corrected chi connectivity index (χ4v) is 5.81. The van der Waals surface area contributed by atoms with Crippen molar-refractivity contribution < 1.29 is 8.42 Å². The van der Waals surface area contributed by atoms with Crippen LogP contribution in [-0.2, 0) is 16.6 Å². The van der Waals surface area contributed by atoms with Crippen LogP contribution in [0.15, 0.2) is 114 Å². The zero-order chi connectivity index (χ0) is 24.4. The molecule has 0 spiro atoms. The standard InChI is InChI=1S/C31H27NO2S/c1-23-14-17-29(18-15-23)35(33,34)32-21-27-16-13-24(2)19-30(27)28(22-32)20-31(25-9-5-3-6-10-25)26-11-7-4-8-12-26/h3-19H,21-22H2,1-2H3. The summed E-state index contributed by atoms with van der Waals surface area (Å²) in [5.74, 6) is 0. The van der Waals surface area contributed by atoms with E-state index < -0.39 is 10.0 Å². The third-order valence-electron chi connectivity index (χ3n) is 6.33. The van der Waals surface area contributed by atoms with Crippen molar-refractivity contribution in [3.05, 3.63) is 142 Å². The zero-order valence-corrected chi connectivity index (χ0v) is 20.7. The van der Waals surface area contributed by atoms with Gasteiger partial charge in [-0.05, 0) is 48.2 Å². The molecule has 0 radical (unpaired) electrons. The zero-order valence-electron chi connectivity index (χ0n) is 19.9. The number of hydrogen-bond acceptors (Lipinski definition) is 2. The highest BCUT2D eigenvalue weighted by atomic mass is 32.2. The Balaban J connectivity index is 1.72. The molecule has 4 heteroatoms. The fraction of sp³-hybridized carbons (Fsp3) is 0.129. The Morgan fingerprint density at radius 3 is 1.89 bits per heavy atom. The lowest BCUT2D eigenvalue weighted by atomic mass is 9.92. The average Bonchev–Trinajstić information content (AvgIpc) is 2.88. The number of aryl methyl sites for hydroxylation is 2. The van der Waals surface area contributed by atoms with Crippen molar-refractivity contribution in [3.63, 3.8) is 0 Å². The van der Waals surface area contributed by atoms with E-state index >= 15 is 0 Å². The van der Waals surface area contributed by atoms with Gasteiger partial charge in [0.05, 0.1) is 4.90 Å². The topological polar surface area (TPSA) is 37.4 Å². The lowest BCUT2D eigenvalue weighted by Crippen LogP contribution is -2.35. The molecule has 0 saturated heterocycles. The van der Waals surface area contributed by atoms with Gasteiger partial charge in [0, 0.05) is 24.2 Å². The predicted molar refractivity (Wildman–Crippen MR) is 142 cm³/mol. The van der Waals surface area contributed by atoms with Crippen LogP contribution in [-0.4, -0.2) is 19.3 Å². The first kappa shape index (κ1) is 23.1. The molecular formula is C31H27NO2S. The molecule has 0 unspecified atom stereocenters. The van der Waals surface area contributed by atoms with Crippen LogP contribution in [0.25, 0.3) is 11.1 Å². The molecule has 0 bridgehead atoms. The lowest BCUT2D eigenvalue weighted by molar-refractivity contribution is 0.434. The average molecular weight is 478 g/mol. The highest BCUT2D eigenvalue weighted by Crippen LogP contribution is 2.33. The summed E-state index contributed by atoms with van der Waals surface area (Å²) in [5, 5.41) is 0. The van der Waals surface area contributed by atoms with Crippen molar-refractivity contribution in [2.24, 2.45) is 0 Å². The summed E-state index contributed by atoms with van der Waals surface area (Å²) in [4.78, 5) is 0.313. The first-order valence-electron chi connectivity index (χ1n) is 11.7. The van der Waals surface area contributed by atoms with Crippen LogP contribution in [0, 0.1) is 13.8 Å². The Labute approximate surface area is 207 Å². The Hall–Kier alpha value is -3.69. The second kappa shape index (κ2) is 9.52. The van der Waals surface area contributed by atoms with Crippen molar-refractivity contribution in [2.45, 2.75) is 25.3 Å². The molecule has 0 aromatic heterocycles. The lowest BCUT2D eigenvalue weighted by Gasteiger charge is -2.29. The number of nitrogens with zero attached hydrogens (tertiary/aromatic N) is 1. The van der Waals surface area contributed by atoms with Crippen molar-refractivity contribution in [3.8, 4) is 0 Å². The van der Waals surface area contributed by atoms with Gasteiger partial charge in [0.25, 0.3) is 0 Å². The summed E-state index contributed by atoms with van der Waals surface area (Å²) < 4.78 is 28.8. The third kappa shape index (κ3) is 4.78. The van der Waals surface area contributed by atoms with E-state index in [0.29, 0.717) is 11.4 Å². The molecule has 5 rings (SSSR count). The van der Waals surface area contributed by atoms with E-state index in [4.69, 9.17) is 0 Å². The summed E-state index contributed by atoms with van der Waals surface area (Å²) in [5.41, 5.74) is 11.8. The molecule has 35 heavy (non-hydrogen) atoms. The number of sulfonamides is 1. The minimum atomic E-state index is -3.67. The molecule has 1 heterocycles. The molecule has 0 N–H and O–H groups in total. The molecule has 0 fully saturated rings. The van der Waals surface area contributed by atoms with E-state index in [0.717, 1.165) is 44.5 Å². The van der Waals surface area contributed by atoms with Crippen LogP contribution in [0.1, 0.15) is 33.4 Å². The van der Waals surface area contributed by atoms with Crippen molar-refractivity contribution in [1.82, 2.24) is 4.31 Å². The Morgan fingerprint density at radius 1 is 0.714 bits per heavy atom. The van der Waals surface area contributed by atoms with Gasteiger partial charge in [0.2, 0.25) is 10.0 Å². The van der Waals surface area contributed by atoms with Crippen LogP contribution in [0.4, 0.5) is 0 Å². The first-order chi connectivity index (χ1) is 16.9. The van der Waals surface area contributed by atoms with Gasteiger partial charge in [-0.15, -0.1) is 5.73 Å². The van der Waals surface area contributed by atoms with Crippen LogP contribution in [0.5, 0.6) is 0 Å². The molecular weight excluding hydrogens is 450 g/mol. The third-order valence-corrected chi connectivity index (χ3v) is 8.14. The van der Waals surface area contributed by atoms with Crippen molar-refractivity contribution in [2.75, 3.05) is 6.54 Å². The molecule has 0 saturated carbocycles. The number of hydrogen-bond donors (Lipinski definition) is 0. The molecule has 1 aliphatic heterocycles. The summed E-state index contributed by atoms with van der Waals surface area (Å²) in [7, 11) is -3.67. The largest absolute Gasteiger partial charge is 0.243 e. The monoisotopic (exact) mass is 477 g/mol. The first-order valence-corrected chi connectivity index (χ1v) is 13.1. The van der Waals surface area contributed by atoms with E-state index in [1.165, 1.54) is 0 Å². The minimum absolute atomic E-state index is 0.260. The summed E-state index contributed by atoms with van der Waals surface area (Å²) in [6.45, 7) is 4.61. The van der Waals surface area contributed by atoms with E-state index in [9.17, 15) is 8.42 Å². The van der Waals surface area contributed by atoms with Gasteiger partial charge in [-0.1, -0.05) is 102 Å². The van der Waals surface area contributed by atoms with Gasteiger partial charge >= 0.3 is 0 Å². The summed E-state index contributed by atoms with van der Waals surface area (Å²) >= 11 is 0. The van der Waals surface area contributed by atoms with Crippen LogP contribution >= 0.6 is 0 Å². The SMILES string of the molecule is Cc1ccc(S(=O)(=O)N2CC(=C=C(c3ccccc3)c3ccccc3)c3cc(C)ccc3C2)cc1. The van der Waals surface area contributed by atoms with E-state index in [1.54, 1.807) is 16.4 Å². The minimum Gasteiger partial charge on any atom is -0.207 e. The van der Waals surface area contributed by atoms with Crippen molar-refractivity contribution in [1.29, 1.82) is 0 Å². The molecule has 174 valence electrons. The molecule has 1 aliphatic rings. The second-order valence-electron chi connectivity index (χ2n) is 8.96. The Bertz CT molecular complexity index is 1490. The van der Waals surface area contributed by atoms with E-state index in [-0.39, 0.29) is 6.54 Å². The van der Waals surface area contributed by atoms with Gasteiger partial charge in [-0.3, -0.25) is 0 Å². The summed E-state index contributed by atoms with van der Waals surface area (Å²) in [6.07, 6.45) is 0. The van der Waals surface area contributed by atoms with Gasteiger partial charge in [0.1, 0.15) is 0 Å². The molecule has 4 aromatic carbocycles. The maximum absolute atomic E-state index is 13.6. The van der Waals surface area contributed by atoms with Gasteiger partial charge in [-0.25, -0.2) is 8.42 Å². The van der Waals surface area contributed by atoms with Crippen molar-refractivity contribution >= 4 is 21.2 Å². The van der Waals surface area contributed by atoms with Gasteiger partial charge in [0.15, 0.2) is 0 Å². The van der Waals surface area contributed by atoms with E-state index in [1.807, 2.05) is 67.6 Å². The highest BCUT2D eigenvalue weighted by Gasteiger charge is 2.31. The normalized spacial score (nSPS) is 13.7. The Kier molecular flexibility index (Phi) is 6.27. The highest BCUT2D eigenvalue weighted by molar-refractivity contribution is 7.89. The molecule has 0 aliphatic carbocycles.